The molecule has 6 nitrogen and oxygen atoms in total. The average molecular weight is 520 g/mol. The minimum absolute atomic E-state index is 0.0284. The van der Waals surface area contributed by atoms with Gasteiger partial charge in [-0.3, -0.25) is 19.5 Å². The van der Waals surface area contributed by atoms with Crippen molar-refractivity contribution in [2.24, 2.45) is 0 Å². The summed E-state index contributed by atoms with van der Waals surface area (Å²) < 4.78 is 1.80. The molecule has 1 unspecified atom stereocenters. The van der Waals surface area contributed by atoms with Crippen molar-refractivity contribution in [2.75, 3.05) is 4.90 Å². The number of amides is 1. The number of benzene rings is 2. The van der Waals surface area contributed by atoms with Gasteiger partial charge in [-0.2, -0.15) is 0 Å². The highest BCUT2D eigenvalue weighted by atomic mass is 79.9. The third-order valence-electron chi connectivity index (χ3n) is 5.61. The lowest BCUT2D eigenvalue weighted by molar-refractivity contribution is -0.132. The molecule has 1 aliphatic rings. The number of ketones is 1. The van der Waals surface area contributed by atoms with Gasteiger partial charge in [0, 0.05) is 22.4 Å². The van der Waals surface area contributed by atoms with E-state index in [1.54, 1.807) is 12.1 Å². The van der Waals surface area contributed by atoms with E-state index in [2.05, 4.69) is 20.9 Å². The molecule has 2 aromatic carbocycles. The maximum absolute atomic E-state index is 13.3. The van der Waals surface area contributed by atoms with Crippen LogP contribution in [-0.2, 0) is 9.59 Å². The highest BCUT2D eigenvalue weighted by Crippen LogP contribution is 2.44. The van der Waals surface area contributed by atoms with Gasteiger partial charge in [0.2, 0.25) is 0 Å². The van der Waals surface area contributed by atoms with Crippen molar-refractivity contribution in [2.45, 2.75) is 19.9 Å². The first-order valence-corrected chi connectivity index (χ1v) is 11.8. The molecule has 8 heteroatoms. The number of thiazole rings is 1. The van der Waals surface area contributed by atoms with E-state index in [-0.39, 0.29) is 11.3 Å². The van der Waals surface area contributed by atoms with Crippen LogP contribution < -0.4 is 4.90 Å². The quantitative estimate of drug-likeness (QED) is 0.213. The van der Waals surface area contributed by atoms with Gasteiger partial charge in [0.25, 0.3) is 5.78 Å². The maximum Gasteiger partial charge on any atom is 0.301 e. The SMILES string of the molecule is Cc1cc(C)c2nc(N3C(=O)C(=O)/C(=C(/O)c4ccncc4)C3c3ccc(Br)cc3)sc2c1. The molecule has 5 rings (SSSR count). The summed E-state index contributed by atoms with van der Waals surface area (Å²) in [5.41, 5.74) is 4.04. The first kappa shape index (κ1) is 21.5. The number of anilines is 1. The number of nitrogens with zero attached hydrogens (tertiary/aromatic N) is 3. The van der Waals surface area contributed by atoms with Crippen molar-refractivity contribution in [3.05, 3.63) is 93.2 Å². The number of pyridine rings is 1. The number of aromatic nitrogens is 2. The Morgan fingerprint density at radius 1 is 1.06 bits per heavy atom. The van der Waals surface area contributed by atoms with Crippen LogP contribution in [0.1, 0.15) is 28.3 Å². The van der Waals surface area contributed by atoms with E-state index in [1.165, 1.54) is 28.6 Å². The highest BCUT2D eigenvalue weighted by Gasteiger charge is 2.48. The number of halogens is 1. The molecule has 0 radical (unpaired) electrons. The molecule has 1 fully saturated rings. The summed E-state index contributed by atoms with van der Waals surface area (Å²) in [5.74, 6) is -1.70. The van der Waals surface area contributed by atoms with Crippen molar-refractivity contribution in [3.8, 4) is 0 Å². The summed E-state index contributed by atoms with van der Waals surface area (Å²) in [7, 11) is 0. The molecule has 3 heterocycles. The van der Waals surface area contributed by atoms with E-state index in [0.29, 0.717) is 16.3 Å². The topological polar surface area (TPSA) is 83.4 Å². The molecule has 2 aromatic heterocycles. The summed E-state index contributed by atoms with van der Waals surface area (Å²) in [6.07, 6.45) is 3.05. The zero-order valence-corrected chi connectivity index (χ0v) is 20.1. The van der Waals surface area contributed by atoms with E-state index in [9.17, 15) is 14.7 Å². The van der Waals surface area contributed by atoms with Crippen LogP contribution in [0.4, 0.5) is 5.13 Å². The average Bonchev–Trinajstić information content (AvgIpc) is 3.33. The smallest absolute Gasteiger partial charge is 0.301 e. The van der Waals surface area contributed by atoms with Crippen LogP contribution in [-0.4, -0.2) is 26.8 Å². The number of hydrogen-bond acceptors (Lipinski definition) is 6. The first-order chi connectivity index (χ1) is 15.8. The molecule has 0 saturated carbocycles. The first-order valence-electron chi connectivity index (χ1n) is 10.2. The lowest BCUT2D eigenvalue weighted by atomic mass is 9.96. The van der Waals surface area contributed by atoms with Crippen molar-refractivity contribution < 1.29 is 14.7 Å². The van der Waals surface area contributed by atoms with Crippen molar-refractivity contribution in [3.63, 3.8) is 0 Å². The minimum Gasteiger partial charge on any atom is -0.507 e. The monoisotopic (exact) mass is 519 g/mol. The number of aliphatic hydroxyl groups excluding tert-OH is 1. The fourth-order valence-electron chi connectivity index (χ4n) is 4.12. The zero-order valence-electron chi connectivity index (χ0n) is 17.7. The van der Waals surface area contributed by atoms with Gasteiger partial charge in [0.1, 0.15) is 5.76 Å². The van der Waals surface area contributed by atoms with Crippen LogP contribution in [0.25, 0.3) is 16.0 Å². The second-order valence-corrected chi connectivity index (χ2v) is 9.81. The highest BCUT2D eigenvalue weighted by molar-refractivity contribution is 9.10. The zero-order chi connectivity index (χ0) is 23.3. The molecular formula is C25H18BrN3O3S. The Morgan fingerprint density at radius 3 is 2.45 bits per heavy atom. The third-order valence-corrected chi connectivity index (χ3v) is 7.14. The molecular weight excluding hydrogens is 502 g/mol. The van der Waals surface area contributed by atoms with Crippen molar-refractivity contribution in [1.82, 2.24) is 9.97 Å². The summed E-state index contributed by atoms with van der Waals surface area (Å²) >= 11 is 4.79. The Kier molecular flexibility index (Phi) is 5.34. The van der Waals surface area contributed by atoms with Gasteiger partial charge in [0.15, 0.2) is 5.13 Å². The molecule has 0 aliphatic carbocycles. The van der Waals surface area contributed by atoms with E-state index < -0.39 is 17.7 Å². The molecule has 0 spiro atoms. The van der Waals surface area contributed by atoms with Crippen LogP contribution in [0.5, 0.6) is 0 Å². The molecule has 1 atom stereocenters. The number of hydrogen-bond donors (Lipinski definition) is 1. The Hall–Kier alpha value is -3.36. The second kappa shape index (κ2) is 8.20. The number of carbonyl (C=O) groups excluding carboxylic acids is 2. The van der Waals surface area contributed by atoms with E-state index in [4.69, 9.17) is 4.98 Å². The number of rotatable bonds is 3. The largest absolute Gasteiger partial charge is 0.507 e. The number of fused-ring (bicyclic) bond motifs is 1. The molecule has 0 bridgehead atoms. The van der Waals surface area contributed by atoms with Crippen LogP contribution >= 0.6 is 27.3 Å². The van der Waals surface area contributed by atoms with Crippen LogP contribution in [0.2, 0.25) is 0 Å². The Balaban J connectivity index is 1.75. The van der Waals surface area contributed by atoms with Crippen LogP contribution in [0.15, 0.2) is 71.0 Å². The number of carbonyl (C=O) groups is 2. The summed E-state index contributed by atoms with van der Waals surface area (Å²) in [6.45, 7) is 3.98. The van der Waals surface area contributed by atoms with Gasteiger partial charge in [0.05, 0.1) is 21.8 Å². The Morgan fingerprint density at radius 2 is 1.76 bits per heavy atom. The second-order valence-electron chi connectivity index (χ2n) is 7.88. The van der Waals surface area contributed by atoms with Gasteiger partial charge in [-0.15, -0.1) is 0 Å². The molecule has 4 aromatic rings. The Labute approximate surface area is 202 Å². The summed E-state index contributed by atoms with van der Waals surface area (Å²) in [6, 6.07) is 13.8. The molecule has 1 saturated heterocycles. The van der Waals surface area contributed by atoms with Gasteiger partial charge in [-0.05, 0) is 60.9 Å². The van der Waals surface area contributed by atoms with Crippen LogP contribution in [0.3, 0.4) is 0 Å². The maximum atomic E-state index is 13.3. The standard InChI is InChI=1S/C25H18BrN3O3S/c1-13-11-14(2)20-18(12-13)33-25(28-20)29-21(15-3-5-17(26)6-4-15)19(23(31)24(29)32)22(30)16-7-9-27-10-8-16/h3-12,21,30H,1-2H3/b22-19+. The Bertz CT molecular complexity index is 1450. The lowest BCUT2D eigenvalue weighted by Gasteiger charge is -2.23. The van der Waals surface area contributed by atoms with Gasteiger partial charge < -0.3 is 5.11 Å². The van der Waals surface area contributed by atoms with E-state index in [1.807, 2.05) is 50.2 Å². The molecule has 164 valence electrons. The number of Topliss-reactive ketones (excluding diaryl/α,β-unsaturated/α-hetero) is 1. The summed E-state index contributed by atoms with van der Waals surface area (Å²) in [4.78, 5) is 36.6. The van der Waals surface area contributed by atoms with E-state index >= 15 is 0 Å². The third kappa shape index (κ3) is 3.65. The molecule has 1 N–H and O–H groups in total. The van der Waals surface area contributed by atoms with Gasteiger partial charge in [-0.1, -0.05) is 45.5 Å². The number of aryl methyl sites for hydroxylation is 2. The van der Waals surface area contributed by atoms with Crippen molar-refractivity contribution >= 4 is 60.1 Å². The number of aliphatic hydroxyl groups is 1. The molecule has 33 heavy (non-hydrogen) atoms. The van der Waals surface area contributed by atoms with E-state index in [0.717, 1.165) is 25.8 Å². The minimum atomic E-state index is -0.812. The molecule has 1 amide bonds. The summed E-state index contributed by atoms with van der Waals surface area (Å²) in [5, 5.41) is 11.5. The van der Waals surface area contributed by atoms with Gasteiger partial charge >= 0.3 is 5.91 Å². The van der Waals surface area contributed by atoms with Crippen LogP contribution in [0, 0.1) is 13.8 Å². The lowest BCUT2D eigenvalue weighted by Crippen LogP contribution is -2.29. The fraction of sp³-hybridized carbons (Fsp3) is 0.120. The molecule has 1 aliphatic heterocycles. The predicted octanol–water partition coefficient (Wildman–Crippen LogP) is 5.70. The predicted molar refractivity (Wildman–Crippen MR) is 132 cm³/mol. The van der Waals surface area contributed by atoms with Gasteiger partial charge in [-0.25, -0.2) is 4.98 Å². The fourth-order valence-corrected chi connectivity index (χ4v) is 5.55. The van der Waals surface area contributed by atoms with Crippen molar-refractivity contribution in [1.29, 1.82) is 0 Å². The normalized spacial score (nSPS) is 17.8.